The first kappa shape index (κ1) is 19.1. The summed E-state index contributed by atoms with van der Waals surface area (Å²) >= 11 is 1.63. The van der Waals surface area contributed by atoms with Gasteiger partial charge < -0.3 is 9.80 Å². The normalized spacial score (nSPS) is 15.8. The molecule has 1 aromatic heterocycles. The first-order valence-corrected chi connectivity index (χ1v) is 10.7. The van der Waals surface area contributed by atoms with Crippen molar-refractivity contribution in [2.24, 2.45) is 0 Å². The largest absolute Gasteiger partial charge is 0.337 e. The van der Waals surface area contributed by atoms with E-state index >= 15 is 0 Å². The Bertz CT molecular complexity index is 942. The molecule has 2 heterocycles. The van der Waals surface area contributed by atoms with Crippen molar-refractivity contribution in [2.45, 2.75) is 13.1 Å². The summed E-state index contributed by atoms with van der Waals surface area (Å²) in [4.78, 5) is 19.6. The van der Waals surface area contributed by atoms with Crippen LogP contribution in [0.25, 0.3) is 10.1 Å². The fourth-order valence-corrected chi connectivity index (χ4v) is 4.63. The molecule has 4 nitrogen and oxygen atoms in total. The van der Waals surface area contributed by atoms with Crippen LogP contribution in [0.15, 0.2) is 53.9 Å². The van der Waals surface area contributed by atoms with Gasteiger partial charge in [0.25, 0.3) is 5.91 Å². The number of benzene rings is 2. The predicted molar refractivity (Wildman–Crippen MR) is 117 cm³/mol. The van der Waals surface area contributed by atoms with E-state index in [1.54, 1.807) is 11.3 Å². The molecular weight excluding hydrogens is 366 g/mol. The zero-order chi connectivity index (χ0) is 19.5. The number of thiophene rings is 1. The van der Waals surface area contributed by atoms with Crippen molar-refractivity contribution in [1.82, 2.24) is 14.7 Å². The van der Waals surface area contributed by atoms with Gasteiger partial charge in [-0.25, -0.2) is 0 Å². The summed E-state index contributed by atoms with van der Waals surface area (Å²) in [6, 6.07) is 16.7. The molecule has 0 unspecified atom stereocenters. The van der Waals surface area contributed by atoms with Crippen molar-refractivity contribution in [3.8, 4) is 0 Å². The lowest BCUT2D eigenvalue weighted by Gasteiger charge is -2.32. The monoisotopic (exact) mass is 393 g/mol. The highest BCUT2D eigenvalue weighted by atomic mass is 32.1. The van der Waals surface area contributed by atoms with E-state index in [0.29, 0.717) is 6.54 Å². The summed E-state index contributed by atoms with van der Waals surface area (Å²) in [7, 11) is 4.07. The van der Waals surface area contributed by atoms with Crippen LogP contribution in [0.3, 0.4) is 0 Å². The number of likely N-dealkylation sites (N-methyl/N-ethyl adjacent to an activating group) is 1. The third-order valence-corrected chi connectivity index (χ3v) is 6.46. The van der Waals surface area contributed by atoms with Crippen molar-refractivity contribution in [3.63, 3.8) is 0 Å². The Morgan fingerprint density at radius 3 is 2.46 bits per heavy atom. The van der Waals surface area contributed by atoms with Gasteiger partial charge in [-0.3, -0.25) is 9.69 Å². The number of rotatable bonds is 5. The summed E-state index contributed by atoms with van der Waals surface area (Å²) in [6.45, 7) is 6.16. The van der Waals surface area contributed by atoms with Crippen molar-refractivity contribution < 1.29 is 4.79 Å². The Morgan fingerprint density at radius 2 is 1.71 bits per heavy atom. The van der Waals surface area contributed by atoms with Gasteiger partial charge in [-0.15, -0.1) is 11.3 Å². The van der Waals surface area contributed by atoms with Crippen LogP contribution in [0.2, 0.25) is 0 Å². The number of piperazine rings is 1. The molecule has 5 heteroatoms. The Kier molecular flexibility index (Phi) is 5.76. The third kappa shape index (κ3) is 4.27. The minimum atomic E-state index is 0.0783. The van der Waals surface area contributed by atoms with Gasteiger partial charge in [0.15, 0.2) is 0 Å². The van der Waals surface area contributed by atoms with Gasteiger partial charge in [-0.2, -0.15) is 0 Å². The molecule has 0 saturated carbocycles. The maximum absolute atomic E-state index is 12.9. The molecule has 0 aliphatic carbocycles. The van der Waals surface area contributed by atoms with E-state index < -0.39 is 0 Å². The summed E-state index contributed by atoms with van der Waals surface area (Å²) in [6.07, 6.45) is 0. The van der Waals surface area contributed by atoms with Crippen LogP contribution in [-0.2, 0) is 13.1 Å². The molecule has 4 rings (SSSR count). The summed E-state index contributed by atoms with van der Waals surface area (Å²) in [5.74, 6) is 0.0783. The smallest absolute Gasteiger partial charge is 0.255 e. The predicted octanol–water partition coefficient (Wildman–Crippen LogP) is 3.92. The Balaban J connectivity index is 1.38. The average Bonchev–Trinajstić information content (AvgIpc) is 3.19. The molecule has 0 spiro atoms. The molecule has 3 aromatic rings. The van der Waals surface area contributed by atoms with Crippen molar-refractivity contribution in [1.29, 1.82) is 0 Å². The molecular formula is C23H27N3OS. The number of amides is 1. The lowest BCUT2D eigenvalue weighted by atomic mass is 10.1. The first-order chi connectivity index (χ1) is 13.6. The van der Waals surface area contributed by atoms with E-state index in [0.717, 1.165) is 53.9 Å². The van der Waals surface area contributed by atoms with Crippen molar-refractivity contribution >= 4 is 27.3 Å². The van der Waals surface area contributed by atoms with E-state index in [1.807, 2.05) is 29.5 Å². The molecule has 0 bridgehead atoms. The SMILES string of the molecule is CN1CCN(Cc2ccc(CN(C)C(=O)c3cccc4ccsc34)cc2)CC1. The highest BCUT2D eigenvalue weighted by Crippen LogP contribution is 2.26. The van der Waals surface area contributed by atoms with E-state index in [4.69, 9.17) is 0 Å². The molecule has 1 aliphatic rings. The lowest BCUT2D eigenvalue weighted by molar-refractivity contribution is 0.0787. The molecule has 1 amide bonds. The minimum Gasteiger partial charge on any atom is -0.337 e. The Hall–Kier alpha value is -2.21. The second-order valence-corrected chi connectivity index (χ2v) is 8.62. The third-order valence-electron chi connectivity index (χ3n) is 5.50. The number of carbonyl (C=O) groups is 1. The number of fused-ring (bicyclic) bond motifs is 1. The Morgan fingerprint density at radius 1 is 1.00 bits per heavy atom. The molecule has 0 N–H and O–H groups in total. The Labute approximate surface area is 171 Å². The van der Waals surface area contributed by atoms with Crippen LogP contribution in [0, 0.1) is 0 Å². The molecule has 28 heavy (non-hydrogen) atoms. The second-order valence-electron chi connectivity index (χ2n) is 7.70. The number of hydrogen-bond acceptors (Lipinski definition) is 4. The standard InChI is InChI=1S/C23H27N3OS/c1-24-11-13-26(14-12-24)17-19-8-6-18(7-9-19)16-25(2)23(27)21-5-3-4-20-10-15-28-22(20)21/h3-10,15H,11-14,16-17H2,1-2H3. The number of carbonyl (C=O) groups excluding carboxylic acids is 1. The summed E-state index contributed by atoms with van der Waals surface area (Å²) in [5.41, 5.74) is 3.30. The maximum atomic E-state index is 12.9. The second kappa shape index (κ2) is 8.43. The van der Waals surface area contributed by atoms with Gasteiger partial charge in [0, 0.05) is 51.0 Å². The topological polar surface area (TPSA) is 26.8 Å². The van der Waals surface area contributed by atoms with Crippen LogP contribution in [0.1, 0.15) is 21.5 Å². The van der Waals surface area contributed by atoms with E-state index in [1.165, 1.54) is 5.56 Å². The van der Waals surface area contributed by atoms with Gasteiger partial charge in [-0.05, 0) is 41.1 Å². The lowest BCUT2D eigenvalue weighted by Crippen LogP contribution is -2.43. The van der Waals surface area contributed by atoms with E-state index in [2.05, 4.69) is 53.2 Å². The zero-order valence-corrected chi connectivity index (χ0v) is 17.4. The molecule has 0 atom stereocenters. The summed E-state index contributed by atoms with van der Waals surface area (Å²) in [5, 5.41) is 3.18. The minimum absolute atomic E-state index is 0.0783. The van der Waals surface area contributed by atoms with Gasteiger partial charge in [0.1, 0.15) is 0 Å². The highest BCUT2D eigenvalue weighted by molar-refractivity contribution is 7.17. The number of nitrogens with zero attached hydrogens (tertiary/aromatic N) is 3. The molecule has 1 saturated heterocycles. The highest BCUT2D eigenvalue weighted by Gasteiger charge is 2.16. The van der Waals surface area contributed by atoms with Crippen LogP contribution < -0.4 is 0 Å². The molecule has 1 aliphatic heterocycles. The van der Waals surface area contributed by atoms with Crippen LogP contribution >= 0.6 is 11.3 Å². The molecule has 2 aromatic carbocycles. The molecule has 146 valence electrons. The zero-order valence-electron chi connectivity index (χ0n) is 16.6. The van der Waals surface area contributed by atoms with Crippen molar-refractivity contribution in [3.05, 3.63) is 70.6 Å². The molecule has 1 fully saturated rings. The maximum Gasteiger partial charge on any atom is 0.255 e. The van der Waals surface area contributed by atoms with Gasteiger partial charge in [0.05, 0.1) is 5.56 Å². The quantitative estimate of drug-likeness (QED) is 0.657. The fraction of sp³-hybridized carbons (Fsp3) is 0.348. The van der Waals surface area contributed by atoms with Gasteiger partial charge >= 0.3 is 0 Å². The summed E-state index contributed by atoms with van der Waals surface area (Å²) < 4.78 is 1.07. The molecule has 0 radical (unpaired) electrons. The van der Waals surface area contributed by atoms with Crippen LogP contribution in [0.5, 0.6) is 0 Å². The van der Waals surface area contributed by atoms with Gasteiger partial charge in [0.2, 0.25) is 0 Å². The van der Waals surface area contributed by atoms with Gasteiger partial charge in [-0.1, -0.05) is 36.4 Å². The fourth-order valence-electron chi connectivity index (χ4n) is 3.73. The number of hydrogen-bond donors (Lipinski definition) is 0. The van der Waals surface area contributed by atoms with Crippen molar-refractivity contribution in [2.75, 3.05) is 40.3 Å². The van der Waals surface area contributed by atoms with Crippen LogP contribution in [-0.4, -0.2) is 60.9 Å². The van der Waals surface area contributed by atoms with E-state index in [-0.39, 0.29) is 5.91 Å². The van der Waals surface area contributed by atoms with Crippen LogP contribution in [0.4, 0.5) is 0 Å². The first-order valence-electron chi connectivity index (χ1n) is 9.80. The average molecular weight is 394 g/mol. The van der Waals surface area contributed by atoms with E-state index in [9.17, 15) is 4.79 Å².